The maximum absolute atomic E-state index is 5.51. The second-order valence-electron chi connectivity index (χ2n) is 2.09. The van der Waals surface area contributed by atoms with Gasteiger partial charge in [0.2, 0.25) is 0 Å². The minimum absolute atomic E-state index is 0.586. The first-order valence-corrected chi connectivity index (χ1v) is 3.58. The Labute approximate surface area is 70.1 Å². The Morgan fingerprint density at radius 1 is 1.82 bits per heavy atom. The Morgan fingerprint density at radius 3 is 3.18 bits per heavy atom. The molecule has 0 radical (unpaired) electrons. The summed E-state index contributed by atoms with van der Waals surface area (Å²) in [6.45, 7) is 4.75. The van der Waals surface area contributed by atoms with Gasteiger partial charge in [-0.15, -0.1) is 0 Å². The molecule has 1 N–H and O–H groups in total. The molecule has 3 nitrogen and oxygen atoms in total. The van der Waals surface area contributed by atoms with Crippen molar-refractivity contribution in [3.8, 4) is 0 Å². The largest absolute Gasteiger partial charge is 0.447 e. The molecule has 0 aliphatic carbocycles. The SMILES string of the molecule is C=C(Cl)CNCc1cnco1. The molecule has 4 heteroatoms. The number of hydrogen-bond acceptors (Lipinski definition) is 3. The summed E-state index contributed by atoms with van der Waals surface area (Å²) in [5.74, 6) is 0.794. The first-order chi connectivity index (χ1) is 5.29. The van der Waals surface area contributed by atoms with E-state index in [9.17, 15) is 0 Å². The smallest absolute Gasteiger partial charge is 0.180 e. The molecule has 0 saturated heterocycles. The van der Waals surface area contributed by atoms with Crippen molar-refractivity contribution in [2.75, 3.05) is 6.54 Å². The van der Waals surface area contributed by atoms with Crippen LogP contribution in [0.4, 0.5) is 0 Å². The van der Waals surface area contributed by atoms with Gasteiger partial charge in [-0.25, -0.2) is 4.98 Å². The fraction of sp³-hybridized carbons (Fsp3) is 0.286. The highest BCUT2D eigenvalue weighted by Crippen LogP contribution is 1.97. The Balaban J connectivity index is 2.19. The van der Waals surface area contributed by atoms with Crippen LogP contribution in [0, 0.1) is 0 Å². The maximum atomic E-state index is 5.51. The van der Waals surface area contributed by atoms with Crippen molar-refractivity contribution in [2.45, 2.75) is 6.54 Å². The third-order valence-electron chi connectivity index (χ3n) is 1.10. The van der Waals surface area contributed by atoms with Gasteiger partial charge in [0, 0.05) is 11.6 Å². The zero-order chi connectivity index (χ0) is 8.10. The quantitative estimate of drug-likeness (QED) is 0.749. The molecule has 0 aromatic carbocycles. The Hall–Kier alpha value is -0.800. The van der Waals surface area contributed by atoms with E-state index < -0.39 is 0 Å². The Bertz CT molecular complexity index is 220. The van der Waals surface area contributed by atoms with E-state index >= 15 is 0 Å². The Kier molecular flexibility index (Phi) is 3.14. The first-order valence-electron chi connectivity index (χ1n) is 3.20. The van der Waals surface area contributed by atoms with E-state index in [1.807, 2.05) is 0 Å². The van der Waals surface area contributed by atoms with Gasteiger partial charge in [-0.05, 0) is 0 Å². The molecule has 0 atom stereocenters. The van der Waals surface area contributed by atoms with Gasteiger partial charge < -0.3 is 9.73 Å². The van der Waals surface area contributed by atoms with Crippen molar-refractivity contribution in [1.82, 2.24) is 10.3 Å². The highest BCUT2D eigenvalue weighted by atomic mass is 35.5. The van der Waals surface area contributed by atoms with Gasteiger partial charge in [-0.1, -0.05) is 18.2 Å². The molecule has 1 aromatic rings. The van der Waals surface area contributed by atoms with E-state index in [-0.39, 0.29) is 0 Å². The number of halogens is 1. The summed E-state index contributed by atoms with van der Waals surface area (Å²) < 4.78 is 4.97. The van der Waals surface area contributed by atoms with Gasteiger partial charge in [0.25, 0.3) is 0 Å². The van der Waals surface area contributed by atoms with Crippen LogP contribution in [0.15, 0.2) is 28.6 Å². The molecule has 0 fully saturated rings. The summed E-state index contributed by atoms with van der Waals surface area (Å²) >= 11 is 5.51. The molecule has 11 heavy (non-hydrogen) atoms. The standard InChI is InChI=1S/C7H9ClN2O/c1-6(8)2-9-3-7-4-10-5-11-7/h4-5,9H,1-3H2. The summed E-state index contributed by atoms with van der Waals surface area (Å²) in [6, 6.07) is 0. The van der Waals surface area contributed by atoms with Crippen LogP contribution in [-0.2, 0) is 6.54 Å². The van der Waals surface area contributed by atoms with Crippen LogP contribution in [0.3, 0.4) is 0 Å². The topological polar surface area (TPSA) is 38.1 Å². The number of rotatable bonds is 4. The van der Waals surface area contributed by atoms with E-state index in [0.29, 0.717) is 18.1 Å². The molecule has 0 saturated carbocycles. The van der Waals surface area contributed by atoms with Crippen LogP contribution in [0.1, 0.15) is 5.76 Å². The third-order valence-corrected chi connectivity index (χ3v) is 1.23. The number of nitrogens with one attached hydrogen (secondary N) is 1. The number of nitrogens with zero attached hydrogens (tertiary/aromatic N) is 1. The summed E-state index contributed by atoms with van der Waals surface area (Å²) in [6.07, 6.45) is 3.05. The molecule has 0 aliphatic heterocycles. The van der Waals surface area contributed by atoms with Crippen LogP contribution < -0.4 is 5.32 Å². The molecule has 0 spiro atoms. The summed E-state index contributed by atoms with van der Waals surface area (Å²) in [4.78, 5) is 3.76. The number of hydrogen-bond donors (Lipinski definition) is 1. The molecule has 0 aliphatic rings. The lowest BCUT2D eigenvalue weighted by molar-refractivity contribution is 0.485. The average molecular weight is 173 g/mol. The highest BCUT2D eigenvalue weighted by Gasteiger charge is 1.94. The fourth-order valence-corrected chi connectivity index (χ4v) is 0.745. The molecule has 1 aromatic heterocycles. The fourth-order valence-electron chi connectivity index (χ4n) is 0.651. The molecular formula is C7H9ClN2O. The molecule has 60 valence electrons. The first kappa shape index (κ1) is 8.30. The third kappa shape index (κ3) is 3.20. The lowest BCUT2D eigenvalue weighted by atomic mass is 10.5. The zero-order valence-electron chi connectivity index (χ0n) is 6.01. The van der Waals surface area contributed by atoms with Crippen molar-refractivity contribution < 1.29 is 4.42 Å². The molecule has 1 rings (SSSR count). The summed E-state index contributed by atoms with van der Waals surface area (Å²) in [5, 5.41) is 3.61. The van der Waals surface area contributed by atoms with Crippen LogP contribution in [0.2, 0.25) is 0 Å². The molecular weight excluding hydrogens is 164 g/mol. The van der Waals surface area contributed by atoms with E-state index in [2.05, 4.69) is 16.9 Å². The van der Waals surface area contributed by atoms with Crippen LogP contribution in [0.5, 0.6) is 0 Å². The second-order valence-corrected chi connectivity index (χ2v) is 2.62. The highest BCUT2D eigenvalue weighted by molar-refractivity contribution is 6.29. The molecule has 0 bridgehead atoms. The predicted octanol–water partition coefficient (Wildman–Crippen LogP) is 1.52. The Morgan fingerprint density at radius 2 is 2.64 bits per heavy atom. The van der Waals surface area contributed by atoms with E-state index in [1.165, 1.54) is 6.39 Å². The molecule has 0 amide bonds. The van der Waals surface area contributed by atoms with Gasteiger partial charge in [0.1, 0.15) is 5.76 Å². The van der Waals surface area contributed by atoms with E-state index in [4.69, 9.17) is 16.0 Å². The van der Waals surface area contributed by atoms with E-state index in [1.54, 1.807) is 6.20 Å². The number of aromatic nitrogens is 1. The zero-order valence-corrected chi connectivity index (χ0v) is 6.77. The van der Waals surface area contributed by atoms with Crippen LogP contribution in [-0.4, -0.2) is 11.5 Å². The van der Waals surface area contributed by atoms with Gasteiger partial charge in [-0.3, -0.25) is 0 Å². The summed E-state index contributed by atoms with van der Waals surface area (Å²) in [5.41, 5.74) is 0. The monoisotopic (exact) mass is 172 g/mol. The van der Waals surface area contributed by atoms with Gasteiger partial charge in [0.05, 0.1) is 12.7 Å². The summed E-state index contributed by atoms with van der Waals surface area (Å²) in [7, 11) is 0. The lowest BCUT2D eigenvalue weighted by Crippen LogP contribution is -2.13. The lowest BCUT2D eigenvalue weighted by Gasteiger charge is -1.97. The van der Waals surface area contributed by atoms with Gasteiger partial charge in [-0.2, -0.15) is 0 Å². The molecule has 1 heterocycles. The normalized spacial score (nSPS) is 9.91. The maximum Gasteiger partial charge on any atom is 0.180 e. The van der Waals surface area contributed by atoms with E-state index in [0.717, 1.165) is 5.76 Å². The van der Waals surface area contributed by atoms with Crippen molar-refractivity contribution in [1.29, 1.82) is 0 Å². The predicted molar refractivity (Wildman–Crippen MR) is 43.2 cm³/mol. The molecule has 0 unspecified atom stereocenters. The van der Waals surface area contributed by atoms with Crippen LogP contribution >= 0.6 is 11.6 Å². The van der Waals surface area contributed by atoms with Crippen molar-refractivity contribution in [3.05, 3.63) is 30.0 Å². The minimum Gasteiger partial charge on any atom is -0.447 e. The van der Waals surface area contributed by atoms with Crippen molar-refractivity contribution in [3.63, 3.8) is 0 Å². The van der Waals surface area contributed by atoms with Crippen LogP contribution in [0.25, 0.3) is 0 Å². The van der Waals surface area contributed by atoms with Crippen molar-refractivity contribution in [2.24, 2.45) is 0 Å². The number of oxazole rings is 1. The van der Waals surface area contributed by atoms with Crippen molar-refractivity contribution >= 4 is 11.6 Å². The van der Waals surface area contributed by atoms with Gasteiger partial charge >= 0.3 is 0 Å². The van der Waals surface area contributed by atoms with Gasteiger partial charge in [0.15, 0.2) is 6.39 Å². The second kappa shape index (κ2) is 4.16. The minimum atomic E-state index is 0.586. The average Bonchev–Trinajstić information content (AvgIpc) is 2.39.